The maximum Gasteiger partial charge on any atom is 0.244 e. The number of anilines is 2. The second kappa shape index (κ2) is 7.07. The van der Waals surface area contributed by atoms with Gasteiger partial charge in [-0.05, 0) is 44.0 Å². The number of nitrogens with one attached hydrogen (secondary N) is 2. The van der Waals surface area contributed by atoms with Gasteiger partial charge in [0.25, 0.3) is 0 Å². The van der Waals surface area contributed by atoms with Crippen molar-refractivity contribution in [2.24, 2.45) is 0 Å². The number of carbonyl (C=O) groups excluding carboxylic acids is 2. The molecule has 2 N–H and O–H groups in total. The lowest BCUT2D eigenvalue weighted by Gasteiger charge is -2.32. The molecule has 0 saturated heterocycles. The van der Waals surface area contributed by atoms with E-state index in [0.717, 1.165) is 5.69 Å². The first kappa shape index (κ1) is 17.2. The molecule has 5 nitrogen and oxygen atoms in total. The highest BCUT2D eigenvalue weighted by molar-refractivity contribution is 6.11. The summed E-state index contributed by atoms with van der Waals surface area (Å²) < 4.78 is 0. The van der Waals surface area contributed by atoms with Gasteiger partial charge >= 0.3 is 0 Å². The fraction of sp³-hybridized carbons (Fsp3) is 0.300. The molecule has 1 aliphatic heterocycles. The van der Waals surface area contributed by atoms with Gasteiger partial charge in [0.05, 0.1) is 17.4 Å². The molecule has 0 unspecified atom stereocenters. The number of carbonyl (C=O) groups is 2. The van der Waals surface area contributed by atoms with E-state index in [9.17, 15) is 9.59 Å². The largest absolute Gasteiger partial charge is 0.323 e. The van der Waals surface area contributed by atoms with E-state index in [0.29, 0.717) is 5.69 Å². The Bertz CT molecular complexity index is 803. The van der Waals surface area contributed by atoms with Gasteiger partial charge in [0.1, 0.15) is 6.54 Å². The third-order valence-corrected chi connectivity index (χ3v) is 4.56. The van der Waals surface area contributed by atoms with Crippen LogP contribution in [-0.4, -0.2) is 24.4 Å². The third kappa shape index (κ3) is 3.56. The van der Waals surface area contributed by atoms with Crippen molar-refractivity contribution in [3.8, 4) is 0 Å². The summed E-state index contributed by atoms with van der Waals surface area (Å²) in [6, 6.07) is 15.1. The molecule has 1 heterocycles. The Morgan fingerprint density at radius 2 is 1.80 bits per heavy atom. The zero-order chi connectivity index (χ0) is 18.0. The maximum atomic E-state index is 12.9. The summed E-state index contributed by atoms with van der Waals surface area (Å²) in [6.07, 6.45) is 0. The van der Waals surface area contributed by atoms with E-state index in [1.807, 2.05) is 44.2 Å². The summed E-state index contributed by atoms with van der Waals surface area (Å²) >= 11 is 0. The molecule has 5 heteroatoms. The van der Waals surface area contributed by atoms with E-state index in [-0.39, 0.29) is 24.4 Å². The topological polar surface area (TPSA) is 61.4 Å². The molecule has 2 amide bonds. The highest BCUT2D eigenvalue weighted by Crippen LogP contribution is 2.29. The van der Waals surface area contributed by atoms with Gasteiger partial charge in [-0.15, -0.1) is 0 Å². The smallest absolute Gasteiger partial charge is 0.244 e. The summed E-state index contributed by atoms with van der Waals surface area (Å²) in [5.74, 6) is -0.283. The maximum absolute atomic E-state index is 12.9. The molecule has 0 aromatic heterocycles. The van der Waals surface area contributed by atoms with Crippen molar-refractivity contribution in [2.45, 2.75) is 32.9 Å². The average molecular weight is 337 g/mol. The van der Waals surface area contributed by atoms with Crippen molar-refractivity contribution >= 4 is 23.2 Å². The van der Waals surface area contributed by atoms with Crippen LogP contribution in [0.15, 0.2) is 48.5 Å². The summed E-state index contributed by atoms with van der Waals surface area (Å²) in [5, 5.41) is 6.16. The number of para-hydroxylation sites is 2. The van der Waals surface area contributed by atoms with E-state index in [4.69, 9.17) is 0 Å². The fourth-order valence-corrected chi connectivity index (χ4v) is 3.27. The Labute approximate surface area is 148 Å². The molecule has 25 heavy (non-hydrogen) atoms. The van der Waals surface area contributed by atoms with E-state index >= 15 is 0 Å². The van der Waals surface area contributed by atoms with E-state index in [2.05, 4.69) is 29.7 Å². The number of fused-ring (bicyclic) bond motifs is 1. The first-order valence-electron chi connectivity index (χ1n) is 8.49. The first-order chi connectivity index (χ1) is 12.0. The molecule has 0 radical (unpaired) electrons. The highest BCUT2D eigenvalue weighted by Gasteiger charge is 2.30. The minimum Gasteiger partial charge on any atom is -0.323 e. The Morgan fingerprint density at radius 1 is 1.12 bits per heavy atom. The number of hydrogen-bond donors (Lipinski definition) is 2. The molecular weight excluding hydrogens is 314 g/mol. The van der Waals surface area contributed by atoms with Gasteiger partial charge in [0.15, 0.2) is 0 Å². The van der Waals surface area contributed by atoms with Gasteiger partial charge in [-0.25, -0.2) is 0 Å². The number of hydrogen-bond acceptors (Lipinski definition) is 3. The van der Waals surface area contributed by atoms with E-state index in [1.165, 1.54) is 11.1 Å². The number of benzene rings is 2. The first-order valence-corrected chi connectivity index (χ1v) is 8.49. The number of rotatable bonds is 4. The van der Waals surface area contributed by atoms with Gasteiger partial charge in [0.2, 0.25) is 11.8 Å². The van der Waals surface area contributed by atoms with Crippen LogP contribution in [0.2, 0.25) is 0 Å². The Morgan fingerprint density at radius 3 is 2.56 bits per heavy atom. The predicted molar refractivity (Wildman–Crippen MR) is 99.6 cm³/mol. The molecule has 0 saturated carbocycles. The summed E-state index contributed by atoms with van der Waals surface area (Å²) in [6.45, 7) is 5.99. The Kier molecular flexibility index (Phi) is 4.86. The molecule has 0 bridgehead atoms. The lowest BCUT2D eigenvalue weighted by Crippen LogP contribution is -2.50. The van der Waals surface area contributed by atoms with Crippen molar-refractivity contribution in [2.75, 3.05) is 16.8 Å². The lowest BCUT2D eigenvalue weighted by molar-refractivity contribution is -0.123. The van der Waals surface area contributed by atoms with E-state index in [1.54, 1.807) is 11.0 Å². The van der Waals surface area contributed by atoms with Crippen molar-refractivity contribution in [3.05, 3.63) is 59.7 Å². The van der Waals surface area contributed by atoms with Crippen molar-refractivity contribution in [1.29, 1.82) is 0 Å². The van der Waals surface area contributed by atoms with Crippen molar-refractivity contribution < 1.29 is 9.59 Å². The molecule has 2 aromatic carbocycles. The summed E-state index contributed by atoms with van der Waals surface area (Å²) in [4.78, 5) is 26.4. The van der Waals surface area contributed by atoms with Crippen LogP contribution >= 0.6 is 0 Å². The van der Waals surface area contributed by atoms with Crippen LogP contribution in [0.3, 0.4) is 0 Å². The predicted octanol–water partition coefficient (Wildman–Crippen LogP) is 3.02. The quantitative estimate of drug-likeness (QED) is 0.901. The summed E-state index contributed by atoms with van der Waals surface area (Å²) in [7, 11) is 0. The molecule has 0 spiro atoms. The minimum absolute atomic E-state index is 0.0361. The molecular formula is C20H23N3O2. The Balaban J connectivity index is 1.77. The minimum atomic E-state index is -0.409. The van der Waals surface area contributed by atoms with Gasteiger partial charge < -0.3 is 5.32 Å². The van der Waals surface area contributed by atoms with Crippen LogP contribution in [0.4, 0.5) is 11.4 Å². The Hall–Kier alpha value is -2.66. The van der Waals surface area contributed by atoms with Gasteiger partial charge in [-0.2, -0.15) is 0 Å². The average Bonchev–Trinajstić information content (AvgIpc) is 2.60. The monoisotopic (exact) mass is 337 g/mol. The van der Waals surface area contributed by atoms with Crippen LogP contribution in [-0.2, 0) is 9.59 Å². The molecule has 130 valence electrons. The lowest BCUT2D eigenvalue weighted by atomic mass is 10.0. The highest BCUT2D eigenvalue weighted by atomic mass is 16.2. The zero-order valence-corrected chi connectivity index (χ0v) is 14.7. The fourth-order valence-electron chi connectivity index (χ4n) is 3.27. The third-order valence-electron chi connectivity index (χ3n) is 4.56. The SMILES string of the molecule is Cc1ccccc1[C@H](C)N[C@H](C)C(=O)N1CC(=O)Nc2ccccc21. The molecule has 3 rings (SSSR count). The molecule has 2 atom stereocenters. The molecule has 2 aromatic rings. The molecule has 0 aliphatic carbocycles. The molecule has 0 fully saturated rings. The normalized spacial score (nSPS) is 16.0. The number of nitrogens with zero attached hydrogens (tertiary/aromatic N) is 1. The van der Waals surface area contributed by atoms with Crippen molar-refractivity contribution in [3.63, 3.8) is 0 Å². The van der Waals surface area contributed by atoms with Crippen LogP contribution in [0, 0.1) is 6.92 Å². The van der Waals surface area contributed by atoms with Crippen molar-refractivity contribution in [1.82, 2.24) is 5.32 Å². The van der Waals surface area contributed by atoms with Gasteiger partial charge in [-0.1, -0.05) is 36.4 Å². The van der Waals surface area contributed by atoms with Crippen LogP contribution in [0.25, 0.3) is 0 Å². The molecule has 1 aliphatic rings. The van der Waals surface area contributed by atoms with Crippen LogP contribution < -0.4 is 15.5 Å². The standard InChI is InChI=1S/C20H23N3O2/c1-13-8-4-5-9-16(13)14(2)21-15(3)20(25)23-12-19(24)22-17-10-6-7-11-18(17)23/h4-11,14-15,21H,12H2,1-3H3,(H,22,24)/t14-,15+/m0/s1. The van der Waals surface area contributed by atoms with E-state index < -0.39 is 6.04 Å². The second-order valence-electron chi connectivity index (χ2n) is 6.46. The second-order valence-corrected chi connectivity index (χ2v) is 6.46. The van der Waals surface area contributed by atoms with Gasteiger partial charge in [0, 0.05) is 6.04 Å². The summed E-state index contributed by atoms with van der Waals surface area (Å²) in [5.41, 5.74) is 3.76. The van der Waals surface area contributed by atoms with Crippen LogP contribution in [0.5, 0.6) is 0 Å². The zero-order valence-electron chi connectivity index (χ0n) is 14.7. The number of aryl methyl sites for hydroxylation is 1. The number of amides is 2. The van der Waals surface area contributed by atoms with Gasteiger partial charge in [-0.3, -0.25) is 19.8 Å². The van der Waals surface area contributed by atoms with Crippen LogP contribution in [0.1, 0.15) is 31.0 Å².